The molecule has 0 spiro atoms. The second-order valence-electron chi connectivity index (χ2n) is 3.78. The van der Waals surface area contributed by atoms with Crippen molar-refractivity contribution in [3.63, 3.8) is 0 Å². The second-order valence-corrected chi connectivity index (χ2v) is 4.40. The van der Waals surface area contributed by atoms with Crippen LogP contribution in [0.1, 0.15) is 19.4 Å². The lowest BCUT2D eigenvalue weighted by molar-refractivity contribution is 0.647. The molecule has 0 saturated carbocycles. The quantitative estimate of drug-likeness (QED) is 0.706. The summed E-state index contributed by atoms with van der Waals surface area (Å²) >= 11 is 1.53. The van der Waals surface area contributed by atoms with E-state index in [1.807, 2.05) is 0 Å². The van der Waals surface area contributed by atoms with E-state index in [1.54, 1.807) is 0 Å². The molecule has 2 rings (SSSR count). The molecule has 1 aliphatic heterocycles. The number of rotatable bonds is 2. The molecule has 3 heteroatoms. The van der Waals surface area contributed by atoms with Crippen LogP contribution in [0.3, 0.4) is 0 Å². The highest BCUT2D eigenvalue weighted by Crippen LogP contribution is 2.33. The maximum absolute atomic E-state index is 3.22. The van der Waals surface area contributed by atoms with Gasteiger partial charge in [0.1, 0.15) is 0 Å². The number of benzene rings is 1. The molecule has 0 fully saturated rings. The summed E-state index contributed by atoms with van der Waals surface area (Å²) in [4.78, 5) is 0. The van der Waals surface area contributed by atoms with Crippen LogP contribution in [0.25, 0.3) is 0 Å². The Labute approximate surface area is 83.4 Å². The normalized spacial score (nSPS) is 13.8. The molecular formula is C10H14N2S. The highest BCUT2D eigenvalue weighted by molar-refractivity contribution is 8.02. The van der Waals surface area contributed by atoms with E-state index in [0.29, 0.717) is 0 Å². The zero-order chi connectivity index (χ0) is 9.26. The number of hydrogen-bond acceptors (Lipinski definition) is 3. The number of anilines is 2. The molecule has 0 bridgehead atoms. The molecule has 0 aliphatic carbocycles. The molecule has 13 heavy (non-hydrogen) atoms. The maximum Gasteiger partial charge on any atom is 0.0700 e. The first-order valence-corrected chi connectivity index (χ1v) is 5.38. The number of nitrogens with one attached hydrogen (secondary N) is 2. The molecule has 2 nitrogen and oxygen atoms in total. The van der Waals surface area contributed by atoms with E-state index in [9.17, 15) is 0 Å². The van der Waals surface area contributed by atoms with Crippen molar-refractivity contribution in [3.8, 4) is 0 Å². The lowest BCUT2D eigenvalue weighted by Crippen LogP contribution is -1.93. The zero-order valence-corrected chi connectivity index (χ0v) is 8.74. The third kappa shape index (κ3) is 1.91. The fourth-order valence-corrected chi connectivity index (χ4v) is 2.12. The molecule has 1 aromatic rings. The Morgan fingerprint density at radius 2 is 2.00 bits per heavy atom. The molecule has 0 aromatic heterocycles. The van der Waals surface area contributed by atoms with Crippen LogP contribution < -0.4 is 9.44 Å². The minimum atomic E-state index is 0.722. The standard InChI is InChI=1S/C10H14N2S/c1-7(2)5-8-3-4-9-10(6-8)12-13-11-9/h3-4,6-7,11-12H,5H2,1-2H3. The molecular weight excluding hydrogens is 180 g/mol. The molecule has 0 unspecified atom stereocenters. The first-order chi connectivity index (χ1) is 6.25. The molecule has 1 aromatic carbocycles. The molecule has 0 amide bonds. The van der Waals surface area contributed by atoms with Crippen molar-refractivity contribution in [1.29, 1.82) is 0 Å². The van der Waals surface area contributed by atoms with Crippen molar-refractivity contribution in [2.45, 2.75) is 20.3 Å². The van der Waals surface area contributed by atoms with Gasteiger partial charge in [-0.3, -0.25) is 0 Å². The van der Waals surface area contributed by atoms with Crippen LogP contribution in [0.5, 0.6) is 0 Å². The average Bonchev–Trinajstić information content (AvgIpc) is 2.49. The molecule has 2 N–H and O–H groups in total. The summed E-state index contributed by atoms with van der Waals surface area (Å²) < 4.78 is 6.41. The van der Waals surface area contributed by atoms with Gasteiger partial charge in [-0.15, -0.1) is 0 Å². The lowest BCUT2D eigenvalue weighted by atomic mass is 10.0. The minimum absolute atomic E-state index is 0.722. The topological polar surface area (TPSA) is 24.1 Å². The summed E-state index contributed by atoms with van der Waals surface area (Å²) in [6, 6.07) is 6.56. The first-order valence-electron chi connectivity index (χ1n) is 4.56. The number of hydrogen-bond donors (Lipinski definition) is 2. The van der Waals surface area contributed by atoms with E-state index in [-0.39, 0.29) is 0 Å². The third-order valence-corrected chi connectivity index (χ3v) is 2.69. The van der Waals surface area contributed by atoms with E-state index in [1.165, 1.54) is 29.1 Å². The van der Waals surface area contributed by atoms with Crippen molar-refractivity contribution in [3.05, 3.63) is 23.8 Å². The fraction of sp³-hybridized carbons (Fsp3) is 0.400. The van der Waals surface area contributed by atoms with Crippen LogP contribution in [-0.4, -0.2) is 0 Å². The van der Waals surface area contributed by atoms with Crippen molar-refractivity contribution in [2.75, 3.05) is 9.44 Å². The lowest BCUT2D eigenvalue weighted by Gasteiger charge is -2.06. The second kappa shape index (κ2) is 3.50. The van der Waals surface area contributed by atoms with Gasteiger partial charge in [-0.2, -0.15) is 0 Å². The summed E-state index contributed by atoms with van der Waals surface area (Å²) in [7, 11) is 0. The van der Waals surface area contributed by atoms with Gasteiger partial charge >= 0.3 is 0 Å². The minimum Gasteiger partial charge on any atom is -0.310 e. The van der Waals surface area contributed by atoms with E-state index in [2.05, 4.69) is 41.5 Å². The largest absolute Gasteiger partial charge is 0.310 e. The van der Waals surface area contributed by atoms with Gasteiger partial charge in [-0.25, -0.2) is 0 Å². The summed E-state index contributed by atoms with van der Waals surface area (Å²) in [5.41, 5.74) is 3.81. The van der Waals surface area contributed by atoms with Gasteiger partial charge in [-0.1, -0.05) is 19.9 Å². The highest BCUT2D eigenvalue weighted by Gasteiger charge is 2.10. The highest BCUT2D eigenvalue weighted by atomic mass is 32.2. The molecule has 1 heterocycles. The smallest absolute Gasteiger partial charge is 0.0700 e. The van der Waals surface area contributed by atoms with Crippen LogP contribution in [0.4, 0.5) is 11.4 Å². The Morgan fingerprint density at radius 1 is 1.23 bits per heavy atom. The SMILES string of the molecule is CC(C)Cc1ccc2c(c1)NSN2. The maximum atomic E-state index is 3.22. The van der Waals surface area contributed by atoms with E-state index in [4.69, 9.17) is 0 Å². The zero-order valence-electron chi connectivity index (χ0n) is 7.92. The predicted octanol–water partition coefficient (Wildman–Crippen LogP) is 3.29. The van der Waals surface area contributed by atoms with Gasteiger partial charge in [-0.05, 0) is 30.0 Å². The summed E-state index contributed by atoms with van der Waals surface area (Å²) in [6.45, 7) is 4.49. The molecule has 0 saturated heterocycles. The van der Waals surface area contributed by atoms with Gasteiger partial charge < -0.3 is 9.44 Å². The summed E-state index contributed by atoms with van der Waals surface area (Å²) in [6.07, 6.45) is 1.15. The van der Waals surface area contributed by atoms with Crippen LogP contribution >= 0.6 is 12.1 Å². The Balaban J connectivity index is 2.21. The number of fused-ring (bicyclic) bond motifs is 1. The van der Waals surface area contributed by atoms with Crippen molar-refractivity contribution in [2.24, 2.45) is 5.92 Å². The Kier molecular flexibility index (Phi) is 2.36. The molecule has 0 radical (unpaired) electrons. The monoisotopic (exact) mass is 194 g/mol. The van der Waals surface area contributed by atoms with Crippen LogP contribution in [0.15, 0.2) is 18.2 Å². The van der Waals surface area contributed by atoms with E-state index in [0.717, 1.165) is 12.3 Å². The van der Waals surface area contributed by atoms with Crippen LogP contribution in [0, 0.1) is 5.92 Å². The van der Waals surface area contributed by atoms with Gasteiger partial charge in [0.15, 0.2) is 0 Å². The Hall–Kier alpha value is -0.830. The van der Waals surface area contributed by atoms with Crippen LogP contribution in [-0.2, 0) is 6.42 Å². The average molecular weight is 194 g/mol. The van der Waals surface area contributed by atoms with Crippen molar-refractivity contribution in [1.82, 2.24) is 0 Å². The Bertz CT molecular complexity index is 310. The predicted molar refractivity (Wildman–Crippen MR) is 59.8 cm³/mol. The summed E-state index contributed by atoms with van der Waals surface area (Å²) in [5.74, 6) is 0.722. The fourth-order valence-electron chi connectivity index (χ4n) is 1.50. The third-order valence-electron chi connectivity index (χ3n) is 2.05. The first kappa shape index (κ1) is 8.75. The van der Waals surface area contributed by atoms with Gasteiger partial charge in [0.05, 0.1) is 23.5 Å². The van der Waals surface area contributed by atoms with E-state index < -0.39 is 0 Å². The van der Waals surface area contributed by atoms with Crippen molar-refractivity contribution < 1.29 is 0 Å². The van der Waals surface area contributed by atoms with Crippen molar-refractivity contribution >= 4 is 23.5 Å². The van der Waals surface area contributed by atoms with Crippen LogP contribution in [0.2, 0.25) is 0 Å². The summed E-state index contributed by atoms with van der Waals surface area (Å²) in [5, 5.41) is 0. The molecule has 1 aliphatic rings. The Morgan fingerprint density at radius 3 is 2.77 bits per heavy atom. The van der Waals surface area contributed by atoms with E-state index >= 15 is 0 Å². The van der Waals surface area contributed by atoms with Gasteiger partial charge in [0, 0.05) is 0 Å². The molecule has 70 valence electrons. The van der Waals surface area contributed by atoms with Gasteiger partial charge in [0.2, 0.25) is 0 Å². The molecule has 0 atom stereocenters. The van der Waals surface area contributed by atoms with Gasteiger partial charge in [0.25, 0.3) is 0 Å².